The maximum atomic E-state index is 5.21. The summed E-state index contributed by atoms with van der Waals surface area (Å²) in [5.74, 6) is 2.15. The smallest absolute Gasteiger partial charge is 0.238 e. The van der Waals surface area contributed by atoms with Crippen LogP contribution >= 0.6 is 0 Å². The molecule has 2 aliphatic rings. The van der Waals surface area contributed by atoms with Crippen molar-refractivity contribution in [3.05, 3.63) is 108 Å². The molecule has 1 aliphatic carbocycles. The molecule has 6 aromatic rings. The number of rotatable bonds is 3. The quantitative estimate of drug-likeness (QED) is 0.234. The summed E-state index contributed by atoms with van der Waals surface area (Å²) in [6.07, 6.45) is 4.57. The highest BCUT2D eigenvalue weighted by molar-refractivity contribution is 7.05. The number of aromatic nitrogens is 4. The van der Waals surface area contributed by atoms with Gasteiger partial charge < -0.3 is 0 Å². The Balaban J connectivity index is 1.48. The minimum Gasteiger partial charge on any atom is -0.282 e. The van der Waals surface area contributed by atoms with Gasteiger partial charge in [-0.3, -0.25) is 4.57 Å². The summed E-state index contributed by atoms with van der Waals surface area (Å²) in [6, 6.07) is 34.4. The molecule has 0 atom stereocenters. The van der Waals surface area contributed by atoms with Crippen molar-refractivity contribution in [1.82, 2.24) is 19.5 Å². The van der Waals surface area contributed by atoms with Gasteiger partial charge in [-0.2, -0.15) is 9.97 Å². The van der Waals surface area contributed by atoms with E-state index in [2.05, 4.69) is 78.3 Å². The lowest BCUT2D eigenvalue weighted by atomic mass is 9.95. The minimum atomic E-state index is -1.97. The Bertz CT molecular complexity index is 1870. The summed E-state index contributed by atoms with van der Waals surface area (Å²) in [7, 11) is -1.97. The van der Waals surface area contributed by atoms with Crippen LogP contribution in [0, 0.1) is 0 Å². The normalized spacial score (nSPS) is 15.1. The predicted molar refractivity (Wildman–Crippen MR) is 166 cm³/mol. The summed E-state index contributed by atoms with van der Waals surface area (Å²) in [5.41, 5.74) is 8.96. The molecule has 0 radical (unpaired) electrons. The Morgan fingerprint density at radius 2 is 1.25 bits per heavy atom. The largest absolute Gasteiger partial charge is 0.282 e. The molecule has 8 rings (SSSR count). The lowest BCUT2D eigenvalue weighted by Crippen LogP contribution is -2.50. The van der Waals surface area contributed by atoms with E-state index >= 15 is 0 Å². The van der Waals surface area contributed by atoms with Crippen LogP contribution in [0.2, 0.25) is 13.1 Å². The Labute approximate surface area is 235 Å². The summed E-state index contributed by atoms with van der Waals surface area (Å²) in [5, 5.41) is 4.42. The third-order valence-corrected chi connectivity index (χ3v) is 12.4. The molecule has 0 saturated heterocycles. The Morgan fingerprint density at radius 3 is 1.95 bits per heavy atom. The van der Waals surface area contributed by atoms with Crippen LogP contribution in [0.1, 0.15) is 24.1 Å². The van der Waals surface area contributed by atoms with E-state index < -0.39 is 8.07 Å². The minimum absolute atomic E-state index is 0.711. The molecule has 4 aromatic carbocycles. The molecule has 40 heavy (non-hydrogen) atoms. The average Bonchev–Trinajstić information content (AvgIpc) is 3.47. The maximum Gasteiger partial charge on any atom is 0.238 e. The van der Waals surface area contributed by atoms with Crippen LogP contribution in [-0.2, 0) is 12.8 Å². The summed E-state index contributed by atoms with van der Waals surface area (Å²) in [4.78, 5) is 15.4. The van der Waals surface area contributed by atoms with Crippen LogP contribution in [0.15, 0.2) is 97.1 Å². The van der Waals surface area contributed by atoms with Gasteiger partial charge in [0.2, 0.25) is 5.95 Å². The van der Waals surface area contributed by atoms with Crippen molar-refractivity contribution in [2.24, 2.45) is 0 Å². The lowest BCUT2D eigenvalue weighted by Gasteiger charge is -2.21. The zero-order valence-electron chi connectivity index (χ0n) is 22.9. The van der Waals surface area contributed by atoms with Gasteiger partial charge in [0.25, 0.3) is 0 Å². The van der Waals surface area contributed by atoms with Gasteiger partial charge in [-0.25, -0.2) is 4.98 Å². The van der Waals surface area contributed by atoms with Crippen LogP contribution in [0.3, 0.4) is 0 Å². The molecule has 0 bridgehead atoms. The standard InChI is InChI=1S/C35H30N4Si/c1-40(2)30-20-12-10-18-26(30)28-22-21-27-25-17-9-11-19-29(25)39(31(27)32(28)40)35-37-33(23-13-5-3-6-14-23)36-34(38-35)24-15-7-4-8-16-24/h3-8,10,12-16,18,20-22H,9,11,17,19H2,1-2H3. The molecule has 0 unspecified atom stereocenters. The molecule has 4 nitrogen and oxygen atoms in total. The van der Waals surface area contributed by atoms with E-state index in [1.807, 2.05) is 36.4 Å². The van der Waals surface area contributed by atoms with Gasteiger partial charge in [0.05, 0.1) is 5.52 Å². The van der Waals surface area contributed by atoms with Crippen LogP contribution in [0.25, 0.3) is 50.8 Å². The molecular formula is C35H30N4Si. The van der Waals surface area contributed by atoms with Gasteiger partial charge in [0, 0.05) is 22.2 Å². The number of benzene rings is 4. The highest BCUT2D eigenvalue weighted by atomic mass is 28.3. The molecule has 5 heteroatoms. The van der Waals surface area contributed by atoms with Crippen LogP contribution in [0.4, 0.5) is 0 Å². The molecule has 0 spiro atoms. The zero-order valence-corrected chi connectivity index (χ0v) is 23.9. The van der Waals surface area contributed by atoms with Gasteiger partial charge >= 0.3 is 0 Å². The van der Waals surface area contributed by atoms with Crippen LogP contribution in [-0.4, -0.2) is 27.6 Å². The van der Waals surface area contributed by atoms with E-state index in [0.717, 1.165) is 29.9 Å². The van der Waals surface area contributed by atoms with Crippen molar-refractivity contribution in [2.45, 2.75) is 38.8 Å². The fourth-order valence-electron chi connectivity index (χ4n) is 7.00. The molecule has 2 aromatic heterocycles. The second-order valence-electron chi connectivity index (χ2n) is 11.5. The van der Waals surface area contributed by atoms with Gasteiger partial charge in [-0.05, 0) is 52.7 Å². The Kier molecular flexibility index (Phi) is 5.19. The monoisotopic (exact) mass is 534 g/mol. The van der Waals surface area contributed by atoms with Crippen molar-refractivity contribution in [2.75, 3.05) is 0 Å². The van der Waals surface area contributed by atoms with Crippen LogP contribution < -0.4 is 10.4 Å². The fourth-order valence-corrected chi connectivity index (χ4v) is 10.4. The zero-order chi connectivity index (χ0) is 26.8. The second-order valence-corrected chi connectivity index (χ2v) is 15.8. The fraction of sp³-hybridized carbons (Fsp3) is 0.171. The van der Waals surface area contributed by atoms with Gasteiger partial charge in [0.1, 0.15) is 8.07 Å². The molecule has 0 amide bonds. The topological polar surface area (TPSA) is 43.6 Å². The highest BCUT2D eigenvalue weighted by Gasteiger charge is 2.41. The number of hydrogen-bond donors (Lipinski definition) is 0. The third-order valence-electron chi connectivity index (χ3n) is 8.84. The summed E-state index contributed by atoms with van der Waals surface area (Å²) < 4.78 is 2.43. The van der Waals surface area contributed by atoms with E-state index in [-0.39, 0.29) is 0 Å². The molecular weight excluding hydrogens is 504 g/mol. The SMILES string of the molecule is C[Si]1(C)c2ccccc2-c2ccc3c4c(n(-c5nc(-c6ccccc6)nc(-c6ccccc6)n5)c3c21)CCCC4. The van der Waals surface area contributed by atoms with Crippen molar-refractivity contribution in [3.8, 4) is 39.9 Å². The lowest BCUT2D eigenvalue weighted by molar-refractivity contribution is 0.661. The molecule has 194 valence electrons. The highest BCUT2D eigenvalue weighted by Crippen LogP contribution is 2.39. The van der Waals surface area contributed by atoms with E-state index in [9.17, 15) is 0 Å². The summed E-state index contributed by atoms with van der Waals surface area (Å²) in [6.45, 7) is 5.01. The van der Waals surface area contributed by atoms with Crippen molar-refractivity contribution < 1.29 is 0 Å². The van der Waals surface area contributed by atoms with Gasteiger partial charge in [0.15, 0.2) is 11.6 Å². The number of hydrogen-bond acceptors (Lipinski definition) is 3. The first-order valence-electron chi connectivity index (χ1n) is 14.3. The molecule has 0 fully saturated rings. The first-order chi connectivity index (χ1) is 19.6. The average molecular weight is 535 g/mol. The second kappa shape index (κ2) is 8.83. The Hall–Kier alpha value is -4.35. The van der Waals surface area contributed by atoms with E-state index in [1.165, 1.54) is 56.5 Å². The van der Waals surface area contributed by atoms with Crippen molar-refractivity contribution in [1.29, 1.82) is 0 Å². The predicted octanol–water partition coefficient (Wildman–Crippen LogP) is 6.83. The van der Waals surface area contributed by atoms with Gasteiger partial charge in [-0.1, -0.05) is 110 Å². The molecule has 3 heterocycles. The maximum absolute atomic E-state index is 5.21. The van der Waals surface area contributed by atoms with Gasteiger partial charge in [-0.15, -0.1) is 0 Å². The third kappa shape index (κ3) is 3.40. The van der Waals surface area contributed by atoms with Crippen LogP contribution in [0.5, 0.6) is 0 Å². The van der Waals surface area contributed by atoms with E-state index in [1.54, 1.807) is 0 Å². The van der Waals surface area contributed by atoms with Crippen molar-refractivity contribution >= 4 is 29.4 Å². The number of aryl methyl sites for hydroxylation is 1. The molecule has 0 N–H and O–H groups in total. The first kappa shape index (κ1) is 23.5. The molecule has 1 aliphatic heterocycles. The number of fused-ring (bicyclic) bond motifs is 7. The van der Waals surface area contributed by atoms with E-state index in [0.29, 0.717) is 11.6 Å². The van der Waals surface area contributed by atoms with Crippen molar-refractivity contribution in [3.63, 3.8) is 0 Å². The summed E-state index contributed by atoms with van der Waals surface area (Å²) >= 11 is 0. The Morgan fingerprint density at radius 1 is 0.625 bits per heavy atom. The molecule has 0 saturated carbocycles. The van der Waals surface area contributed by atoms with E-state index in [4.69, 9.17) is 15.0 Å². The first-order valence-corrected chi connectivity index (χ1v) is 17.3. The number of nitrogens with zero attached hydrogens (tertiary/aromatic N) is 4.